The lowest BCUT2D eigenvalue weighted by molar-refractivity contribution is -0.159. The molecule has 1 fully saturated rings. The molecule has 1 aliphatic heterocycles. The van der Waals surface area contributed by atoms with Gasteiger partial charge in [0.05, 0.1) is 12.4 Å². The van der Waals surface area contributed by atoms with Gasteiger partial charge in [-0.3, -0.25) is 9.78 Å². The van der Waals surface area contributed by atoms with Crippen LogP contribution in [0.4, 0.5) is 0 Å². The summed E-state index contributed by atoms with van der Waals surface area (Å²) in [6.07, 6.45) is 6.64. The average Bonchev–Trinajstić information content (AvgIpc) is 3.39. The summed E-state index contributed by atoms with van der Waals surface area (Å²) in [6, 6.07) is 6.95. The first-order valence-electron chi connectivity index (χ1n) is 10.9. The molecule has 2 N–H and O–H groups in total. The number of hydrogen-bond donors (Lipinski definition) is 2. The minimum atomic E-state index is -3.41. The van der Waals surface area contributed by atoms with Crippen molar-refractivity contribution in [3.63, 3.8) is 0 Å². The molecule has 1 amide bonds. The van der Waals surface area contributed by atoms with E-state index in [2.05, 4.69) is 9.97 Å². The number of amides is 1. The molecule has 0 bridgehead atoms. The predicted octanol–water partition coefficient (Wildman–Crippen LogP) is 1.10. The van der Waals surface area contributed by atoms with Crippen molar-refractivity contribution in [1.82, 2.24) is 19.2 Å². The summed E-state index contributed by atoms with van der Waals surface area (Å²) in [5.41, 5.74) is 1.14. The van der Waals surface area contributed by atoms with Gasteiger partial charge in [-0.2, -0.15) is 0 Å². The Morgan fingerprint density at radius 1 is 1.09 bits per heavy atom. The Labute approximate surface area is 203 Å². The molecule has 1 aliphatic rings. The van der Waals surface area contributed by atoms with Gasteiger partial charge in [-0.05, 0) is 43.5 Å². The fourth-order valence-corrected chi connectivity index (χ4v) is 4.78. The van der Waals surface area contributed by atoms with E-state index in [9.17, 15) is 13.2 Å². The van der Waals surface area contributed by atoms with Crippen LogP contribution in [0, 0.1) is 0 Å². The molecule has 0 spiro atoms. The Hall–Kier alpha value is -3.58. The van der Waals surface area contributed by atoms with Crippen LogP contribution in [0.1, 0.15) is 35.7 Å². The number of carboxylic acids is 2. The number of hydrogen-bond acceptors (Lipinski definition) is 8. The second-order valence-electron chi connectivity index (χ2n) is 7.41. The van der Waals surface area contributed by atoms with Gasteiger partial charge in [0.15, 0.2) is 0 Å². The van der Waals surface area contributed by atoms with Gasteiger partial charge in [-0.25, -0.2) is 27.3 Å². The molecule has 0 atom stereocenters. The van der Waals surface area contributed by atoms with Gasteiger partial charge < -0.3 is 19.8 Å². The molecule has 3 heterocycles. The maximum atomic E-state index is 13.3. The normalized spacial score (nSPS) is 13.4. The van der Waals surface area contributed by atoms with Crippen LogP contribution in [0.5, 0.6) is 5.88 Å². The van der Waals surface area contributed by atoms with Gasteiger partial charge in [0.2, 0.25) is 15.9 Å². The van der Waals surface area contributed by atoms with Gasteiger partial charge in [-0.1, -0.05) is 6.07 Å². The number of carbonyl (C=O) groups excluding carboxylic acids is 1. The van der Waals surface area contributed by atoms with Crippen LogP contribution in [0.2, 0.25) is 0 Å². The van der Waals surface area contributed by atoms with Crippen molar-refractivity contribution < 1.29 is 37.8 Å². The van der Waals surface area contributed by atoms with Crippen molar-refractivity contribution in [3.05, 3.63) is 54.0 Å². The van der Waals surface area contributed by atoms with E-state index in [1.54, 1.807) is 36.8 Å². The molecule has 2 aromatic rings. The third-order valence-corrected chi connectivity index (χ3v) is 6.78. The molecule has 13 heteroatoms. The van der Waals surface area contributed by atoms with Gasteiger partial charge in [0.25, 0.3) is 5.91 Å². The van der Waals surface area contributed by atoms with Crippen LogP contribution in [0.3, 0.4) is 0 Å². The van der Waals surface area contributed by atoms with E-state index < -0.39 is 22.0 Å². The minimum Gasteiger partial charge on any atom is -0.477 e. The SMILES string of the molecule is CCOc1ncccc1C(=O)N(CCS(=O)(=O)N1CCCC1)Cc1cccnc1.O=C(O)C(=O)O. The fourth-order valence-electron chi connectivity index (χ4n) is 3.26. The molecule has 190 valence electrons. The molecule has 0 unspecified atom stereocenters. The second-order valence-corrected chi connectivity index (χ2v) is 9.50. The zero-order valence-corrected chi connectivity index (χ0v) is 20.1. The lowest BCUT2D eigenvalue weighted by Gasteiger charge is -2.25. The summed E-state index contributed by atoms with van der Waals surface area (Å²) in [7, 11) is -3.41. The maximum absolute atomic E-state index is 13.3. The summed E-state index contributed by atoms with van der Waals surface area (Å²) in [5, 5.41) is 14.8. The van der Waals surface area contributed by atoms with Crippen molar-refractivity contribution in [2.75, 3.05) is 32.0 Å². The molecule has 0 aromatic carbocycles. The van der Waals surface area contributed by atoms with Crippen LogP contribution < -0.4 is 4.74 Å². The van der Waals surface area contributed by atoms with Crippen molar-refractivity contribution in [1.29, 1.82) is 0 Å². The molecule has 1 saturated heterocycles. The number of carbonyl (C=O) groups is 3. The Morgan fingerprint density at radius 3 is 2.31 bits per heavy atom. The molecule has 0 aliphatic carbocycles. The molecule has 3 rings (SSSR count). The topological polar surface area (TPSA) is 167 Å². The first-order valence-corrected chi connectivity index (χ1v) is 12.5. The number of aliphatic carboxylic acids is 2. The molecule has 12 nitrogen and oxygen atoms in total. The van der Waals surface area contributed by atoms with E-state index in [0.29, 0.717) is 25.3 Å². The largest absolute Gasteiger partial charge is 0.477 e. The summed E-state index contributed by atoms with van der Waals surface area (Å²) < 4.78 is 32.3. The van der Waals surface area contributed by atoms with Crippen molar-refractivity contribution in [2.45, 2.75) is 26.3 Å². The first kappa shape index (κ1) is 27.7. The summed E-state index contributed by atoms with van der Waals surface area (Å²) >= 11 is 0. The molecule has 0 radical (unpaired) electrons. The van der Waals surface area contributed by atoms with Crippen LogP contribution in [-0.2, 0) is 26.2 Å². The highest BCUT2D eigenvalue weighted by Gasteiger charge is 2.28. The maximum Gasteiger partial charge on any atom is 0.414 e. The van der Waals surface area contributed by atoms with E-state index in [4.69, 9.17) is 24.5 Å². The highest BCUT2D eigenvalue weighted by atomic mass is 32.2. The Balaban J connectivity index is 0.000000641. The van der Waals surface area contributed by atoms with Crippen LogP contribution >= 0.6 is 0 Å². The number of aromatic nitrogens is 2. The average molecular weight is 509 g/mol. The Morgan fingerprint density at radius 2 is 1.74 bits per heavy atom. The van der Waals surface area contributed by atoms with Crippen molar-refractivity contribution in [2.24, 2.45) is 0 Å². The van der Waals surface area contributed by atoms with Gasteiger partial charge in [0, 0.05) is 44.8 Å². The summed E-state index contributed by atoms with van der Waals surface area (Å²) in [4.78, 5) is 41.2. The Kier molecular flexibility index (Phi) is 10.5. The zero-order chi connectivity index (χ0) is 25.8. The van der Waals surface area contributed by atoms with Crippen molar-refractivity contribution in [3.8, 4) is 5.88 Å². The standard InChI is InChI=1S/C20H26N4O4S.C2H2O4/c1-2-28-19-18(8-6-10-22-19)20(25)23(16-17-7-5-9-21-15-17)13-14-29(26,27)24-11-3-4-12-24;3-1(4)2(5)6/h5-10,15H,2-4,11-14,16H2,1H3;(H,3,4)(H,5,6). The first-order chi connectivity index (χ1) is 16.7. The minimum absolute atomic E-state index is 0.0764. The molecular weight excluding hydrogens is 480 g/mol. The van der Waals surface area contributed by atoms with E-state index in [1.807, 2.05) is 13.0 Å². The smallest absolute Gasteiger partial charge is 0.414 e. The third kappa shape index (κ3) is 8.61. The third-order valence-electron chi connectivity index (χ3n) is 4.93. The van der Waals surface area contributed by atoms with Gasteiger partial charge in [-0.15, -0.1) is 0 Å². The van der Waals surface area contributed by atoms with Gasteiger partial charge in [0.1, 0.15) is 5.56 Å². The highest BCUT2D eigenvalue weighted by molar-refractivity contribution is 7.89. The number of pyridine rings is 2. The van der Waals surface area contributed by atoms with E-state index in [-0.39, 0.29) is 30.6 Å². The number of rotatable bonds is 9. The van der Waals surface area contributed by atoms with Crippen molar-refractivity contribution >= 4 is 27.9 Å². The fraction of sp³-hybridized carbons (Fsp3) is 0.409. The predicted molar refractivity (Wildman–Crippen MR) is 124 cm³/mol. The van der Waals surface area contributed by atoms with Crippen LogP contribution in [-0.4, -0.2) is 87.6 Å². The highest BCUT2D eigenvalue weighted by Crippen LogP contribution is 2.19. The second kappa shape index (κ2) is 13.3. The monoisotopic (exact) mass is 508 g/mol. The Bertz CT molecular complexity index is 1090. The van der Waals surface area contributed by atoms with E-state index in [1.165, 1.54) is 9.21 Å². The van der Waals surface area contributed by atoms with Gasteiger partial charge >= 0.3 is 11.9 Å². The van der Waals surface area contributed by atoms with E-state index in [0.717, 1.165) is 18.4 Å². The number of sulfonamides is 1. The molecular formula is C22H28N4O8S. The quantitative estimate of drug-likeness (QED) is 0.468. The lowest BCUT2D eigenvalue weighted by Crippen LogP contribution is -2.39. The number of nitrogens with zero attached hydrogens (tertiary/aromatic N) is 4. The molecule has 35 heavy (non-hydrogen) atoms. The molecule has 2 aromatic heterocycles. The lowest BCUT2D eigenvalue weighted by atomic mass is 10.2. The van der Waals surface area contributed by atoms with E-state index >= 15 is 0 Å². The number of carboxylic acid groups (broad SMARTS) is 2. The zero-order valence-electron chi connectivity index (χ0n) is 19.2. The van der Waals surface area contributed by atoms with Crippen LogP contribution in [0.25, 0.3) is 0 Å². The molecule has 0 saturated carbocycles. The number of ether oxygens (including phenoxy) is 1. The summed E-state index contributed by atoms with van der Waals surface area (Å²) in [5.74, 6) is -3.84. The summed E-state index contributed by atoms with van der Waals surface area (Å²) in [6.45, 7) is 3.63. The van der Waals surface area contributed by atoms with Crippen LogP contribution in [0.15, 0.2) is 42.9 Å².